The molecule has 0 bridgehead atoms. The van der Waals surface area contributed by atoms with E-state index in [0.29, 0.717) is 11.1 Å². The summed E-state index contributed by atoms with van der Waals surface area (Å²) < 4.78 is 4.42. The van der Waals surface area contributed by atoms with Crippen molar-refractivity contribution in [2.24, 2.45) is 0 Å². The summed E-state index contributed by atoms with van der Waals surface area (Å²) in [7, 11) is 1.12. The van der Waals surface area contributed by atoms with Crippen molar-refractivity contribution >= 4 is 23.7 Å². The van der Waals surface area contributed by atoms with Gasteiger partial charge in [0, 0.05) is 5.56 Å². The van der Waals surface area contributed by atoms with E-state index in [1.807, 2.05) is 0 Å². The summed E-state index contributed by atoms with van der Waals surface area (Å²) in [6.07, 6.45) is 0.0234. The fourth-order valence-corrected chi connectivity index (χ4v) is 2.27. The number of imide groups is 1. The van der Waals surface area contributed by atoms with Gasteiger partial charge in [-0.3, -0.25) is 19.3 Å². The Morgan fingerprint density at radius 2 is 2.04 bits per heavy atom. The highest BCUT2D eigenvalue weighted by Crippen LogP contribution is 2.19. The number of ether oxygens (including phenoxy) is 1. The second kappa shape index (κ2) is 7.01. The van der Waals surface area contributed by atoms with Gasteiger partial charge in [-0.05, 0) is 11.6 Å². The topological polar surface area (TPSA) is 113 Å². The van der Waals surface area contributed by atoms with E-state index in [1.165, 1.54) is 0 Å². The van der Waals surface area contributed by atoms with Crippen molar-refractivity contribution in [3.63, 3.8) is 0 Å². The van der Waals surface area contributed by atoms with Gasteiger partial charge in [0.2, 0.25) is 11.8 Å². The maximum Gasteiger partial charge on any atom is 0.330 e. The fraction of sp³-hybridized carbons (Fsp3) is 0.333. The monoisotopic (exact) mass is 320 g/mol. The normalized spacial score (nSPS) is 15.0. The van der Waals surface area contributed by atoms with Crippen LogP contribution in [-0.2, 0) is 25.5 Å². The number of hydrogen-bond donors (Lipinski definition) is 2. The number of carbonyl (C=O) groups is 4. The van der Waals surface area contributed by atoms with Gasteiger partial charge in [0.1, 0.15) is 6.54 Å². The molecule has 0 saturated carbocycles. The first kappa shape index (κ1) is 16.6. The third kappa shape index (κ3) is 3.54. The van der Waals surface area contributed by atoms with Crippen LogP contribution in [-0.4, -0.2) is 60.0 Å². The molecule has 1 aromatic rings. The predicted octanol–water partition coefficient (Wildman–Crippen LogP) is -1.14. The van der Waals surface area contributed by atoms with Gasteiger partial charge in [0.15, 0.2) is 6.04 Å². The van der Waals surface area contributed by atoms with E-state index in [2.05, 4.69) is 10.1 Å². The molecule has 23 heavy (non-hydrogen) atoms. The van der Waals surface area contributed by atoms with Crippen LogP contribution in [0.5, 0.6) is 0 Å². The van der Waals surface area contributed by atoms with Crippen molar-refractivity contribution in [2.75, 3.05) is 20.3 Å². The van der Waals surface area contributed by atoms with E-state index in [0.717, 1.165) is 12.0 Å². The molecule has 0 aliphatic carbocycles. The Hall–Kier alpha value is -2.74. The minimum Gasteiger partial charge on any atom is -0.467 e. The Labute approximate surface area is 132 Å². The molecule has 0 aromatic heterocycles. The first-order valence-corrected chi connectivity index (χ1v) is 6.88. The van der Waals surface area contributed by atoms with Gasteiger partial charge in [-0.15, -0.1) is 0 Å². The summed E-state index contributed by atoms with van der Waals surface area (Å²) in [5.74, 6) is -2.62. The molecule has 8 nitrogen and oxygen atoms in total. The van der Waals surface area contributed by atoms with Crippen LogP contribution in [0.1, 0.15) is 15.9 Å². The number of esters is 1. The van der Waals surface area contributed by atoms with Crippen molar-refractivity contribution in [1.29, 1.82) is 0 Å². The van der Waals surface area contributed by atoms with E-state index in [1.54, 1.807) is 24.3 Å². The molecular weight excluding hydrogens is 304 g/mol. The highest BCUT2D eigenvalue weighted by molar-refractivity contribution is 6.11. The van der Waals surface area contributed by atoms with E-state index >= 15 is 0 Å². The number of amides is 3. The molecule has 1 aliphatic rings. The van der Waals surface area contributed by atoms with E-state index in [9.17, 15) is 19.2 Å². The lowest BCUT2D eigenvalue weighted by Gasteiger charge is -2.26. The Balaban J connectivity index is 2.08. The van der Waals surface area contributed by atoms with E-state index in [-0.39, 0.29) is 6.42 Å². The Kier molecular flexibility index (Phi) is 5.07. The Morgan fingerprint density at radius 1 is 1.35 bits per heavy atom. The number of methoxy groups -OCH3 is 1. The van der Waals surface area contributed by atoms with E-state index in [4.69, 9.17) is 5.11 Å². The Morgan fingerprint density at radius 3 is 2.70 bits per heavy atom. The number of nitrogens with one attached hydrogen (secondary N) is 1. The third-order valence-electron chi connectivity index (χ3n) is 3.44. The van der Waals surface area contributed by atoms with Crippen LogP contribution in [0.2, 0.25) is 0 Å². The molecule has 0 saturated heterocycles. The molecule has 0 fully saturated rings. The average molecular weight is 320 g/mol. The zero-order chi connectivity index (χ0) is 17.0. The number of carbonyl (C=O) groups excluding carboxylic acids is 4. The highest BCUT2D eigenvalue weighted by atomic mass is 16.5. The van der Waals surface area contributed by atoms with Gasteiger partial charge in [-0.25, -0.2) is 4.79 Å². The minimum absolute atomic E-state index is 0.0234. The maximum absolute atomic E-state index is 12.3. The van der Waals surface area contributed by atoms with Crippen molar-refractivity contribution in [3.05, 3.63) is 35.4 Å². The minimum atomic E-state index is -1.24. The summed E-state index contributed by atoms with van der Waals surface area (Å²) in [6.45, 7) is -1.18. The lowest BCUT2D eigenvalue weighted by molar-refractivity contribution is -0.146. The molecule has 2 rings (SSSR count). The third-order valence-corrected chi connectivity index (χ3v) is 3.44. The van der Waals surface area contributed by atoms with Crippen molar-refractivity contribution < 1.29 is 29.0 Å². The zero-order valence-corrected chi connectivity index (χ0v) is 12.4. The highest BCUT2D eigenvalue weighted by Gasteiger charge is 2.32. The van der Waals surface area contributed by atoms with Gasteiger partial charge < -0.3 is 15.2 Å². The number of nitrogens with zero attached hydrogens (tertiary/aromatic N) is 1. The summed E-state index contributed by atoms with van der Waals surface area (Å²) in [6, 6.07) is 5.42. The molecule has 8 heteroatoms. The van der Waals surface area contributed by atoms with Crippen LogP contribution in [0.3, 0.4) is 0 Å². The van der Waals surface area contributed by atoms with Crippen LogP contribution in [0.25, 0.3) is 0 Å². The van der Waals surface area contributed by atoms with Crippen LogP contribution in [0.4, 0.5) is 0 Å². The quantitative estimate of drug-likeness (QED) is 0.524. The molecule has 1 aliphatic heterocycles. The molecule has 3 amide bonds. The lowest BCUT2D eigenvalue weighted by atomic mass is 9.98. The van der Waals surface area contributed by atoms with Crippen molar-refractivity contribution in [3.8, 4) is 0 Å². The number of aliphatic hydroxyl groups excluding tert-OH is 1. The van der Waals surface area contributed by atoms with Gasteiger partial charge in [0.25, 0.3) is 5.91 Å². The summed E-state index contributed by atoms with van der Waals surface area (Å²) >= 11 is 0. The molecule has 1 atom stereocenters. The van der Waals surface area contributed by atoms with Gasteiger partial charge >= 0.3 is 5.97 Å². The largest absolute Gasteiger partial charge is 0.467 e. The number of hydrogen-bond acceptors (Lipinski definition) is 6. The number of benzene rings is 1. The molecule has 2 N–H and O–H groups in total. The van der Waals surface area contributed by atoms with Crippen LogP contribution >= 0.6 is 0 Å². The van der Waals surface area contributed by atoms with Gasteiger partial charge in [0.05, 0.1) is 20.1 Å². The molecule has 122 valence electrons. The molecule has 1 aromatic carbocycles. The predicted molar refractivity (Wildman–Crippen MR) is 77.2 cm³/mol. The second-order valence-corrected chi connectivity index (χ2v) is 4.94. The average Bonchev–Trinajstić information content (AvgIpc) is 2.55. The number of aliphatic hydroxyl groups is 1. The Bertz CT molecular complexity index is 657. The number of rotatable bonds is 5. The SMILES string of the molecule is COC(=O)[C@H](CO)NC(=O)CN1C(=O)Cc2ccccc2C1=O. The first-order chi connectivity index (χ1) is 11.0. The summed E-state index contributed by atoms with van der Waals surface area (Å²) in [5.41, 5.74) is 0.980. The van der Waals surface area contributed by atoms with Gasteiger partial charge in [-0.2, -0.15) is 0 Å². The zero-order valence-electron chi connectivity index (χ0n) is 12.4. The number of fused-ring (bicyclic) bond motifs is 1. The molecule has 0 spiro atoms. The van der Waals surface area contributed by atoms with Crippen LogP contribution < -0.4 is 5.32 Å². The van der Waals surface area contributed by atoms with Crippen molar-refractivity contribution in [2.45, 2.75) is 12.5 Å². The second-order valence-electron chi connectivity index (χ2n) is 4.94. The van der Waals surface area contributed by atoms with Gasteiger partial charge in [-0.1, -0.05) is 18.2 Å². The molecule has 1 heterocycles. The van der Waals surface area contributed by atoms with Crippen LogP contribution in [0, 0.1) is 0 Å². The first-order valence-electron chi connectivity index (χ1n) is 6.88. The smallest absolute Gasteiger partial charge is 0.330 e. The van der Waals surface area contributed by atoms with Crippen molar-refractivity contribution in [1.82, 2.24) is 10.2 Å². The standard InChI is InChI=1S/C15H16N2O6/c1-23-15(22)11(8-18)16-12(19)7-17-13(20)6-9-4-2-3-5-10(9)14(17)21/h2-5,11,18H,6-8H2,1H3,(H,16,19)/t11-/m0/s1. The molecule has 0 unspecified atom stereocenters. The maximum atomic E-state index is 12.3. The van der Waals surface area contributed by atoms with E-state index < -0.39 is 42.9 Å². The summed E-state index contributed by atoms with van der Waals surface area (Å²) in [4.78, 5) is 48.4. The molecule has 0 radical (unpaired) electrons. The fourth-order valence-electron chi connectivity index (χ4n) is 2.27. The lowest BCUT2D eigenvalue weighted by Crippen LogP contribution is -2.51. The summed E-state index contributed by atoms with van der Waals surface area (Å²) in [5, 5.41) is 11.3. The molecular formula is C15H16N2O6. The van der Waals surface area contributed by atoms with Crippen LogP contribution in [0.15, 0.2) is 24.3 Å².